The highest BCUT2D eigenvalue weighted by Gasteiger charge is 2.32. The van der Waals surface area contributed by atoms with Crippen molar-refractivity contribution in [2.45, 2.75) is 57.3 Å². The number of nitrogens with one attached hydrogen (secondary N) is 4. The second-order valence-corrected chi connectivity index (χ2v) is 10.2. The Labute approximate surface area is 237 Å². The van der Waals surface area contributed by atoms with Crippen LogP contribution in [0.2, 0.25) is 0 Å². The van der Waals surface area contributed by atoms with Gasteiger partial charge in [0.25, 0.3) is 0 Å². The second-order valence-electron chi connectivity index (χ2n) is 10.2. The molecule has 218 valence electrons. The number of hydrogen-bond donors (Lipinski definition) is 7. The van der Waals surface area contributed by atoms with Crippen LogP contribution >= 0.6 is 0 Å². The molecule has 4 unspecified atom stereocenters. The molecule has 1 heterocycles. The van der Waals surface area contributed by atoms with Gasteiger partial charge in [0.2, 0.25) is 23.6 Å². The summed E-state index contributed by atoms with van der Waals surface area (Å²) in [6.45, 7) is 3.39. The number of rotatable bonds is 14. The lowest BCUT2D eigenvalue weighted by atomic mass is 9.99. The molecule has 0 saturated heterocycles. The lowest BCUT2D eigenvalue weighted by molar-refractivity contribution is -0.142. The molecular formula is C29H36N6O6. The summed E-state index contributed by atoms with van der Waals surface area (Å²) in [4.78, 5) is 65.8. The minimum absolute atomic E-state index is 0.0398. The number of hydrogen-bond acceptors (Lipinski definition) is 6. The Morgan fingerprint density at radius 2 is 1.46 bits per heavy atom. The molecule has 1 aromatic heterocycles. The number of primary amides is 1. The fourth-order valence-electron chi connectivity index (χ4n) is 4.42. The molecule has 0 bridgehead atoms. The van der Waals surface area contributed by atoms with Gasteiger partial charge in [0, 0.05) is 29.9 Å². The van der Waals surface area contributed by atoms with Crippen LogP contribution in [0.15, 0.2) is 60.8 Å². The van der Waals surface area contributed by atoms with Crippen LogP contribution in [0.1, 0.15) is 31.4 Å². The third-order valence-electron chi connectivity index (χ3n) is 6.63. The lowest BCUT2D eigenvalue weighted by Gasteiger charge is -2.27. The van der Waals surface area contributed by atoms with E-state index in [1.54, 1.807) is 50.4 Å². The maximum absolute atomic E-state index is 13.5. The Bertz CT molecular complexity index is 1390. The molecule has 41 heavy (non-hydrogen) atoms. The molecule has 4 atom stereocenters. The number of carbonyl (C=O) groups excluding carboxylic acids is 4. The van der Waals surface area contributed by atoms with Crippen molar-refractivity contribution >= 4 is 40.5 Å². The number of amides is 4. The van der Waals surface area contributed by atoms with Crippen LogP contribution in [0, 0.1) is 5.92 Å². The number of benzene rings is 2. The number of para-hydroxylation sites is 1. The Kier molecular flexibility index (Phi) is 10.6. The van der Waals surface area contributed by atoms with Gasteiger partial charge in [-0.2, -0.15) is 0 Å². The van der Waals surface area contributed by atoms with E-state index in [1.807, 2.05) is 24.3 Å². The standard InChI is InChI=1S/C29H36N6O6/c1-16(2)25(35-26(37)20(30)14-24(31)36)28(39)33-22(13-18-15-32-21-11-7-6-10-19(18)21)27(38)34-23(29(40)41)12-17-8-4-3-5-9-17/h3-11,15-16,20,22-23,25,32H,12-14,30H2,1-2H3,(H2,31,36)(H,33,39)(H,34,38)(H,35,37)(H,40,41). The van der Waals surface area contributed by atoms with Gasteiger partial charge in [-0.15, -0.1) is 0 Å². The Balaban J connectivity index is 1.85. The van der Waals surface area contributed by atoms with Crippen molar-refractivity contribution in [3.63, 3.8) is 0 Å². The van der Waals surface area contributed by atoms with Gasteiger partial charge < -0.3 is 37.5 Å². The molecule has 9 N–H and O–H groups in total. The van der Waals surface area contributed by atoms with Gasteiger partial charge in [-0.25, -0.2) is 4.79 Å². The van der Waals surface area contributed by atoms with Crippen LogP contribution < -0.4 is 27.4 Å². The molecule has 0 aliphatic rings. The molecule has 0 saturated carbocycles. The number of H-pyrrole nitrogens is 1. The smallest absolute Gasteiger partial charge is 0.326 e. The molecule has 0 spiro atoms. The quantitative estimate of drug-likeness (QED) is 0.146. The lowest BCUT2D eigenvalue weighted by Crippen LogP contribution is -2.59. The summed E-state index contributed by atoms with van der Waals surface area (Å²) >= 11 is 0. The van der Waals surface area contributed by atoms with Crippen LogP contribution in [0.4, 0.5) is 0 Å². The van der Waals surface area contributed by atoms with Gasteiger partial charge in [0.1, 0.15) is 18.1 Å². The van der Waals surface area contributed by atoms with E-state index in [0.717, 1.165) is 16.5 Å². The predicted molar refractivity (Wildman–Crippen MR) is 152 cm³/mol. The summed E-state index contributed by atoms with van der Waals surface area (Å²) in [5.41, 5.74) is 13.1. The number of nitrogens with two attached hydrogens (primary N) is 2. The van der Waals surface area contributed by atoms with Crippen molar-refractivity contribution in [2.24, 2.45) is 17.4 Å². The third-order valence-corrected chi connectivity index (χ3v) is 6.63. The highest BCUT2D eigenvalue weighted by atomic mass is 16.4. The van der Waals surface area contributed by atoms with Gasteiger partial charge in [0.05, 0.1) is 12.5 Å². The topological polar surface area (TPSA) is 209 Å². The molecular weight excluding hydrogens is 528 g/mol. The minimum atomic E-state index is -1.25. The van der Waals surface area contributed by atoms with Gasteiger partial charge in [-0.1, -0.05) is 62.4 Å². The van der Waals surface area contributed by atoms with Crippen molar-refractivity contribution in [3.05, 3.63) is 71.9 Å². The first-order valence-electron chi connectivity index (χ1n) is 13.2. The first kappa shape index (κ1) is 30.8. The van der Waals surface area contributed by atoms with E-state index in [4.69, 9.17) is 11.5 Å². The van der Waals surface area contributed by atoms with Crippen molar-refractivity contribution in [3.8, 4) is 0 Å². The molecule has 0 radical (unpaired) electrons. The zero-order valence-electron chi connectivity index (χ0n) is 22.9. The molecule has 4 amide bonds. The van der Waals surface area contributed by atoms with Gasteiger partial charge >= 0.3 is 5.97 Å². The summed E-state index contributed by atoms with van der Waals surface area (Å²) in [6, 6.07) is 11.5. The monoisotopic (exact) mass is 564 g/mol. The zero-order valence-corrected chi connectivity index (χ0v) is 22.9. The summed E-state index contributed by atoms with van der Waals surface area (Å²) in [5.74, 6) is -4.53. The maximum Gasteiger partial charge on any atom is 0.326 e. The van der Waals surface area contributed by atoms with Crippen molar-refractivity contribution < 1.29 is 29.1 Å². The number of fused-ring (bicyclic) bond motifs is 1. The number of carbonyl (C=O) groups is 5. The van der Waals surface area contributed by atoms with E-state index < -0.39 is 66.1 Å². The highest BCUT2D eigenvalue weighted by Crippen LogP contribution is 2.19. The SMILES string of the molecule is CC(C)C(NC(=O)C(N)CC(N)=O)C(=O)NC(Cc1c[nH]c2ccccc12)C(=O)NC(Cc1ccccc1)C(=O)O. The summed E-state index contributed by atoms with van der Waals surface area (Å²) in [7, 11) is 0. The molecule has 0 aliphatic carbocycles. The second kappa shape index (κ2) is 14.1. The molecule has 3 rings (SSSR count). The number of aliphatic carboxylic acids is 1. The van der Waals surface area contributed by atoms with Crippen LogP contribution in [0.3, 0.4) is 0 Å². The van der Waals surface area contributed by atoms with Crippen molar-refractivity contribution in [2.75, 3.05) is 0 Å². The fraction of sp³-hybridized carbons (Fsp3) is 0.345. The average Bonchev–Trinajstić information content (AvgIpc) is 3.33. The van der Waals surface area contributed by atoms with E-state index in [0.29, 0.717) is 5.56 Å². The Morgan fingerprint density at radius 3 is 2.10 bits per heavy atom. The molecule has 0 fully saturated rings. The van der Waals surface area contributed by atoms with E-state index in [1.165, 1.54) is 0 Å². The largest absolute Gasteiger partial charge is 0.480 e. The Hall–Kier alpha value is -4.71. The van der Waals surface area contributed by atoms with Gasteiger partial charge in [0.15, 0.2) is 0 Å². The first-order valence-corrected chi connectivity index (χ1v) is 13.2. The first-order chi connectivity index (χ1) is 19.5. The highest BCUT2D eigenvalue weighted by molar-refractivity contribution is 5.95. The maximum atomic E-state index is 13.5. The fourth-order valence-corrected chi connectivity index (χ4v) is 4.42. The molecule has 3 aromatic rings. The summed E-state index contributed by atoms with van der Waals surface area (Å²) in [6.07, 6.45) is 1.40. The predicted octanol–water partition coefficient (Wildman–Crippen LogP) is 0.351. The molecule has 2 aromatic carbocycles. The Morgan fingerprint density at radius 1 is 0.829 bits per heavy atom. The van der Waals surface area contributed by atoms with E-state index in [2.05, 4.69) is 20.9 Å². The number of aromatic amines is 1. The average molecular weight is 565 g/mol. The number of aromatic nitrogens is 1. The van der Waals surface area contributed by atoms with E-state index in [9.17, 15) is 29.1 Å². The third kappa shape index (κ3) is 8.64. The molecule has 12 heteroatoms. The molecule has 12 nitrogen and oxygen atoms in total. The van der Waals surface area contributed by atoms with Gasteiger partial charge in [-0.3, -0.25) is 19.2 Å². The summed E-state index contributed by atoms with van der Waals surface area (Å²) in [5, 5.41) is 18.4. The van der Waals surface area contributed by atoms with Crippen LogP contribution in [0.5, 0.6) is 0 Å². The van der Waals surface area contributed by atoms with Crippen molar-refractivity contribution in [1.82, 2.24) is 20.9 Å². The van der Waals surface area contributed by atoms with Crippen LogP contribution in [-0.2, 0) is 36.8 Å². The van der Waals surface area contributed by atoms with Crippen molar-refractivity contribution in [1.29, 1.82) is 0 Å². The normalized spacial score (nSPS) is 14.0. The number of carboxylic acids is 1. The minimum Gasteiger partial charge on any atom is -0.480 e. The van der Waals surface area contributed by atoms with E-state index >= 15 is 0 Å². The summed E-state index contributed by atoms with van der Waals surface area (Å²) < 4.78 is 0. The van der Waals surface area contributed by atoms with Crippen LogP contribution in [-0.4, -0.2) is 63.9 Å². The number of carboxylic acid groups (broad SMARTS) is 1. The zero-order chi connectivity index (χ0) is 30.1. The molecule has 0 aliphatic heterocycles. The van der Waals surface area contributed by atoms with E-state index in [-0.39, 0.29) is 12.8 Å². The van der Waals surface area contributed by atoms with Gasteiger partial charge in [-0.05, 0) is 23.1 Å². The van der Waals surface area contributed by atoms with Crippen LogP contribution in [0.25, 0.3) is 10.9 Å².